The van der Waals surface area contributed by atoms with Crippen molar-refractivity contribution in [1.29, 1.82) is 0 Å². The molecular weight excluding hydrogens is 543 g/mol. The topological polar surface area (TPSA) is 54.3 Å². The van der Waals surface area contributed by atoms with Gasteiger partial charge in [-0.15, -0.1) is 0 Å². The number of piperidine rings is 1. The summed E-state index contributed by atoms with van der Waals surface area (Å²) in [6.07, 6.45) is -2.68. The summed E-state index contributed by atoms with van der Waals surface area (Å²) in [5.41, 5.74) is 0.696. The number of alkyl halides is 3. The van der Waals surface area contributed by atoms with Crippen LogP contribution in [0.1, 0.15) is 76.6 Å². The van der Waals surface area contributed by atoms with Gasteiger partial charge in [-0.05, 0) is 57.6 Å². The summed E-state index contributed by atoms with van der Waals surface area (Å²) in [7, 11) is 0. The number of hydrogen-bond donors (Lipinski definition) is 1. The number of halogens is 3. The van der Waals surface area contributed by atoms with Gasteiger partial charge in [0.25, 0.3) is 0 Å². The minimum absolute atomic E-state index is 0.0174. The minimum Gasteiger partial charge on any atom is -0.444 e. The maximum atomic E-state index is 13.6. The summed E-state index contributed by atoms with van der Waals surface area (Å²) < 4.78 is 45.3. The summed E-state index contributed by atoms with van der Waals surface area (Å²) in [6, 6.07) is 15.3. The van der Waals surface area contributed by atoms with Gasteiger partial charge in [-0.3, -0.25) is 4.79 Å². The number of piperazine rings is 1. The lowest BCUT2D eigenvalue weighted by Gasteiger charge is -2.44. The van der Waals surface area contributed by atoms with Crippen molar-refractivity contribution >= 4 is 12.0 Å². The molecule has 3 atom stereocenters. The number of likely N-dealkylation sites (tertiary alicyclic amines) is 1. The van der Waals surface area contributed by atoms with Gasteiger partial charge in [0.2, 0.25) is 5.91 Å². The summed E-state index contributed by atoms with van der Waals surface area (Å²) >= 11 is 0. The first-order chi connectivity index (χ1) is 19.7. The van der Waals surface area contributed by atoms with E-state index in [1.165, 1.54) is 17.0 Å². The van der Waals surface area contributed by atoms with Gasteiger partial charge in [-0.25, -0.2) is 4.79 Å². The number of carbonyl (C=O) groups excluding carboxylic acids is 2. The highest BCUT2D eigenvalue weighted by Crippen LogP contribution is 2.31. The molecule has 2 aliphatic heterocycles. The molecule has 230 valence electrons. The van der Waals surface area contributed by atoms with Gasteiger partial charge >= 0.3 is 12.3 Å². The second-order valence-electron chi connectivity index (χ2n) is 13.1. The first kappa shape index (κ1) is 31.9. The molecule has 0 spiro atoms. The van der Waals surface area contributed by atoms with Crippen LogP contribution in [0.2, 0.25) is 0 Å². The Bertz CT molecular complexity index is 1190. The molecule has 9 heteroatoms. The van der Waals surface area contributed by atoms with Crippen LogP contribution >= 0.6 is 0 Å². The molecule has 0 saturated carbocycles. The lowest BCUT2D eigenvalue weighted by Crippen LogP contribution is -3.16. The molecule has 2 heterocycles. The van der Waals surface area contributed by atoms with Crippen molar-refractivity contribution in [3.05, 3.63) is 71.3 Å². The normalized spacial score (nSPS) is 21.4. The van der Waals surface area contributed by atoms with Crippen molar-refractivity contribution < 1.29 is 32.4 Å². The summed E-state index contributed by atoms with van der Waals surface area (Å²) in [6.45, 7) is 13.0. The van der Waals surface area contributed by atoms with E-state index in [1.54, 1.807) is 17.0 Å². The van der Waals surface area contributed by atoms with Crippen LogP contribution in [-0.2, 0) is 15.7 Å². The lowest BCUT2D eigenvalue weighted by atomic mass is 9.90. The second-order valence-corrected chi connectivity index (χ2v) is 13.1. The first-order valence-electron chi connectivity index (χ1n) is 15.1. The van der Waals surface area contributed by atoms with E-state index in [-0.39, 0.29) is 35.9 Å². The molecule has 2 fully saturated rings. The molecule has 0 aliphatic carbocycles. The van der Waals surface area contributed by atoms with Crippen LogP contribution in [-0.4, -0.2) is 66.2 Å². The average molecular weight is 589 g/mol. The molecule has 3 unspecified atom stereocenters. The Balaban J connectivity index is 1.44. The molecular formula is C33H45F3N3O3+. The summed E-state index contributed by atoms with van der Waals surface area (Å²) in [4.78, 5) is 31.1. The number of amides is 2. The highest BCUT2D eigenvalue weighted by Gasteiger charge is 2.40. The number of hydrogen-bond acceptors (Lipinski definition) is 3. The van der Waals surface area contributed by atoms with Crippen molar-refractivity contribution in [2.24, 2.45) is 11.8 Å². The van der Waals surface area contributed by atoms with E-state index in [0.717, 1.165) is 24.0 Å². The van der Waals surface area contributed by atoms with E-state index in [9.17, 15) is 22.8 Å². The Labute approximate surface area is 247 Å². The SMILES string of the molecule is CC(C)C1C[NH+](C(c2ccccc2)c2ccc(C(F)(F)F)cc2)CCN1C(=O)CC1CCN(C(=O)OC(C)(C)C)CC1. The zero-order valence-corrected chi connectivity index (χ0v) is 25.4. The van der Waals surface area contributed by atoms with Crippen molar-refractivity contribution in [1.82, 2.24) is 9.80 Å². The van der Waals surface area contributed by atoms with Crippen molar-refractivity contribution in [2.75, 3.05) is 32.7 Å². The Hall–Kier alpha value is -3.07. The molecule has 2 amide bonds. The predicted molar refractivity (Wildman–Crippen MR) is 156 cm³/mol. The number of nitrogens with zero attached hydrogens (tertiary/aromatic N) is 2. The lowest BCUT2D eigenvalue weighted by molar-refractivity contribution is -0.932. The fraction of sp³-hybridized carbons (Fsp3) is 0.576. The summed E-state index contributed by atoms with van der Waals surface area (Å²) in [5, 5.41) is 0. The maximum Gasteiger partial charge on any atom is 0.416 e. The molecule has 2 aromatic rings. The van der Waals surface area contributed by atoms with Gasteiger partial charge in [0, 0.05) is 30.6 Å². The standard InChI is InChI=1S/C33H44F3N3O3/c1-23(2)28-22-38(30(25-9-7-6-8-10-25)26-11-13-27(14-12-26)33(34,35)36)19-20-39(28)29(40)21-24-15-17-37(18-16-24)31(41)42-32(3,4)5/h6-14,23-24,28,30H,15-22H2,1-5H3/p+1. The molecule has 2 saturated heterocycles. The molecule has 4 rings (SSSR count). The predicted octanol–water partition coefficient (Wildman–Crippen LogP) is 5.58. The van der Waals surface area contributed by atoms with E-state index in [1.807, 2.05) is 56.0 Å². The van der Waals surface area contributed by atoms with Crippen LogP contribution in [0, 0.1) is 11.8 Å². The zero-order valence-electron chi connectivity index (χ0n) is 25.4. The number of benzene rings is 2. The van der Waals surface area contributed by atoms with Crippen LogP contribution in [0.4, 0.5) is 18.0 Å². The number of rotatable bonds is 6. The van der Waals surface area contributed by atoms with E-state index in [0.29, 0.717) is 39.1 Å². The Morgan fingerprint density at radius 1 is 0.929 bits per heavy atom. The monoisotopic (exact) mass is 588 g/mol. The van der Waals surface area contributed by atoms with Gasteiger partial charge in [0.05, 0.1) is 31.2 Å². The highest BCUT2D eigenvalue weighted by molar-refractivity contribution is 5.77. The van der Waals surface area contributed by atoms with E-state index in [4.69, 9.17) is 4.74 Å². The fourth-order valence-corrected chi connectivity index (χ4v) is 6.26. The molecule has 42 heavy (non-hydrogen) atoms. The molecule has 0 radical (unpaired) electrons. The summed E-state index contributed by atoms with van der Waals surface area (Å²) in [5.74, 6) is 0.593. The Kier molecular flexibility index (Phi) is 9.91. The van der Waals surface area contributed by atoms with Gasteiger partial charge in [-0.2, -0.15) is 13.2 Å². The van der Waals surface area contributed by atoms with Gasteiger partial charge in [0.1, 0.15) is 11.6 Å². The first-order valence-corrected chi connectivity index (χ1v) is 15.1. The fourth-order valence-electron chi connectivity index (χ4n) is 6.26. The molecule has 1 N–H and O–H groups in total. The van der Waals surface area contributed by atoms with Gasteiger partial charge in [-0.1, -0.05) is 56.3 Å². The third-order valence-electron chi connectivity index (χ3n) is 8.48. The molecule has 0 bridgehead atoms. The van der Waals surface area contributed by atoms with Crippen molar-refractivity contribution in [3.63, 3.8) is 0 Å². The number of nitrogens with one attached hydrogen (secondary N) is 1. The number of quaternary nitrogens is 1. The molecule has 2 aromatic carbocycles. The Morgan fingerprint density at radius 2 is 1.52 bits per heavy atom. The van der Waals surface area contributed by atoms with Gasteiger partial charge in [0.15, 0.2) is 0 Å². The zero-order chi connectivity index (χ0) is 30.7. The van der Waals surface area contributed by atoms with Crippen LogP contribution in [0.5, 0.6) is 0 Å². The van der Waals surface area contributed by atoms with Crippen molar-refractivity contribution in [2.45, 2.75) is 77.7 Å². The molecule has 2 aliphatic rings. The number of carbonyl (C=O) groups is 2. The molecule has 0 aromatic heterocycles. The van der Waals surface area contributed by atoms with E-state index >= 15 is 0 Å². The largest absolute Gasteiger partial charge is 0.444 e. The number of ether oxygens (including phenoxy) is 1. The molecule has 6 nitrogen and oxygen atoms in total. The quantitative estimate of drug-likeness (QED) is 0.479. The third kappa shape index (κ3) is 8.06. The van der Waals surface area contributed by atoms with E-state index < -0.39 is 17.3 Å². The van der Waals surface area contributed by atoms with E-state index in [2.05, 4.69) is 13.8 Å². The maximum absolute atomic E-state index is 13.6. The van der Waals surface area contributed by atoms with Crippen molar-refractivity contribution in [3.8, 4) is 0 Å². The third-order valence-corrected chi connectivity index (χ3v) is 8.48. The van der Waals surface area contributed by atoms with Crippen LogP contribution < -0.4 is 4.90 Å². The minimum atomic E-state index is -4.38. The Morgan fingerprint density at radius 3 is 2.07 bits per heavy atom. The van der Waals surface area contributed by atoms with Crippen LogP contribution in [0.15, 0.2) is 54.6 Å². The second kappa shape index (κ2) is 13.1. The average Bonchev–Trinajstić information content (AvgIpc) is 2.93. The van der Waals surface area contributed by atoms with Crippen LogP contribution in [0.3, 0.4) is 0 Å². The van der Waals surface area contributed by atoms with Crippen LogP contribution in [0.25, 0.3) is 0 Å². The smallest absolute Gasteiger partial charge is 0.416 e. The highest BCUT2D eigenvalue weighted by atomic mass is 19.4. The van der Waals surface area contributed by atoms with Gasteiger partial charge < -0.3 is 19.4 Å².